The van der Waals surface area contributed by atoms with Gasteiger partial charge >= 0.3 is 5.97 Å². The van der Waals surface area contributed by atoms with Gasteiger partial charge in [-0.3, -0.25) is 14.9 Å². The standard InChI is InChI=1S/C15H13ClN2O5S/c1-8-3-6-13(24-8)15(20)23-9(2)14(19)17-12-7-10(18(21)22)4-5-11(12)16/h3-7,9H,1-2H3,(H,17,19). The molecule has 9 heteroatoms. The number of ether oxygens (including phenoxy) is 1. The molecular weight excluding hydrogens is 356 g/mol. The van der Waals surface area contributed by atoms with Crippen LogP contribution >= 0.6 is 22.9 Å². The normalized spacial score (nSPS) is 11.6. The van der Waals surface area contributed by atoms with Crippen LogP contribution in [-0.2, 0) is 9.53 Å². The molecule has 1 heterocycles. The summed E-state index contributed by atoms with van der Waals surface area (Å²) < 4.78 is 5.08. The molecule has 0 spiro atoms. The van der Waals surface area contributed by atoms with E-state index < -0.39 is 22.9 Å². The van der Waals surface area contributed by atoms with Crippen LogP contribution in [0, 0.1) is 17.0 Å². The number of non-ortho nitro benzene ring substituents is 1. The summed E-state index contributed by atoms with van der Waals surface area (Å²) in [5, 5.41) is 13.3. The number of esters is 1. The number of halogens is 1. The van der Waals surface area contributed by atoms with E-state index in [2.05, 4.69) is 5.32 Å². The number of aryl methyl sites for hydroxylation is 1. The summed E-state index contributed by atoms with van der Waals surface area (Å²) in [6, 6.07) is 7.05. The lowest BCUT2D eigenvalue weighted by Gasteiger charge is -2.13. The first-order valence-electron chi connectivity index (χ1n) is 6.80. The van der Waals surface area contributed by atoms with Gasteiger partial charge in [0.15, 0.2) is 6.10 Å². The van der Waals surface area contributed by atoms with E-state index in [-0.39, 0.29) is 16.4 Å². The van der Waals surface area contributed by atoms with Crippen molar-refractivity contribution in [2.75, 3.05) is 5.32 Å². The fourth-order valence-corrected chi connectivity index (χ4v) is 2.69. The number of anilines is 1. The smallest absolute Gasteiger partial charge is 0.349 e. The van der Waals surface area contributed by atoms with Crippen molar-refractivity contribution in [1.82, 2.24) is 0 Å². The minimum atomic E-state index is -1.09. The Labute approximate surface area is 146 Å². The van der Waals surface area contributed by atoms with E-state index in [1.54, 1.807) is 12.1 Å². The number of hydrogen-bond donors (Lipinski definition) is 1. The molecule has 0 aliphatic rings. The summed E-state index contributed by atoms with van der Waals surface area (Å²) in [5.74, 6) is -1.25. The number of nitrogens with zero attached hydrogens (tertiary/aromatic N) is 1. The van der Waals surface area contributed by atoms with Crippen LogP contribution in [0.1, 0.15) is 21.5 Å². The lowest BCUT2D eigenvalue weighted by molar-refractivity contribution is -0.384. The molecule has 0 bridgehead atoms. The third kappa shape index (κ3) is 4.30. The van der Waals surface area contributed by atoms with Gasteiger partial charge < -0.3 is 10.1 Å². The van der Waals surface area contributed by atoms with Gasteiger partial charge in [-0.1, -0.05) is 11.6 Å². The predicted molar refractivity (Wildman–Crippen MR) is 90.7 cm³/mol. The molecule has 2 aromatic rings. The van der Waals surface area contributed by atoms with Gasteiger partial charge in [-0.05, 0) is 32.0 Å². The van der Waals surface area contributed by atoms with Crippen molar-refractivity contribution in [1.29, 1.82) is 0 Å². The topological polar surface area (TPSA) is 98.5 Å². The molecule has 1 amide bonds. The van der Waals surface area contributed by atoms with Gasteiger partial charge in [-0.25, -0.2) is 4.79 Å². The summed E-state index contributed by atoms with van der Waals surface area (Å²) in [4.78, 5) is 35.5. The molecule has 1 aromatic heterocycles. The molecule has 0 saturated heterocycles. The number of benzene rings is 1. The van der Waals surface area contributed by atoms with Crippen LogP contribution in [0.3, 0.4) is 0 Å². The third-order valence-corrected chi connectivity index (χ3v) is 4.32. The van der Waals surface area contributed by atoms with Crippen molar-refractivity contribution in [3.63, 3.8) is 0 Å². The van der Waals surface area contributed by atoms with Crippen molar-refractivity contribution >= 4 is 46.2 Å². The maximum atomic E-state index is 12.1. The molecule has 126 valence electrons. The number of nitro benzene ring substituents is 1. The second kappa shape index (κ2) is 7.41. The van der Waals surface area contributed by atoms with E-state index in [4.69, 9.17) is 16.3 Å². The second-order valence-electron chi connectivity index (χ2n) is 4.87. The van der Waals surface area contributed by atoms with Gasteiger partial charge in [0.05, 0.1) is 15.6 Å². The molecular formula is C15H13ClN2O5S. The maximum absolute atomic E-state index is 12.1. The quantitative estimate of drug-likeness (QED) is 0.491. The maximum Gasteiger partial charge on any atom is 0.349 e. The zero-order chi connectivity index (χ0) is 17.9. The molecule has 0 fully saturated rings. The Morgan fingerprint density at radius 3 is 2.62 bits per heavy atom. The number of carbonyl (C=O) groups is 2. The minimum Gasteiger partial charge on any atom is -0.448 e. The van der Waals surface area contributed by atoms with Crippen LogP contribution in [0.25, 0.3) is 0 Å². The minimum absolute atomic E-state index is 0.0748. The van der Waals surface area contributed by atoms with Crippen LogP contribution < -0.4 is 5.32 Å². The highest BCUT2D eigenvalue weighted by molar-refractivity contribution is 7.13. The molecule has 2 rings (SSSR count). The molecule has 1 atom stereocenters. The van der Waals surface area contributed by atoms with Crippen LogP contribution in [0.2, 0.25) is 5.02 Å². The summed E-state index contributed by atoms with van der Waals surface area (Å²) in [7, 11) is 0. The number of thiophene rings is 1. The lowest BCUT2D eigenvalue weighted by Crippen LogP contribution is -2.29. The van der Waals surface area contributed by atoms with E-state index in [9.17, 15) is 19.7 Å². The number of nitrogens with one attached hydrogen (secondary N) is 1. The molecule has 1 N–H and O–H groups in total. The van der Waals surface area contributed by atoms with Crippen LogP contribution in [0.4, 0.5) is 11.4 Å². The van der Waals surface area contributed by atoms with Gasteiger partial charge in [-0.15, -0.1) is 11.3 Å². The van der Waals surface area contributed by atoms with Gasteiger partial charge in [-0.2, -0.15) is 0 Å². The summed E-state index contributed by atoms with van der Waals surface area (Å²) >= 11 is 7.17. The number of hydrogen-bond acceptors (Lipinski definition) is 6. The van der Waals surface area contributed by atoms with Crippen molar-refractivity contribution in [2.24, 2.45) is 0 Å². The van der Waals surface area contributed by atoms with Gasteiger partial charge in [0.2, 0.25) is 0 Å². The van der Waals surface area contributed by atoms with E-state index >= 15 is 0 Å². The van der Waals surface area contributed by atoms with E-state index in [0.29, 0.717) is 4.88 Å². The largest absolute Gasteiger partial charge is 0.448 e. The van der Waals surface area contributed by atoms with Gasteiger partial charge in [0.25, 0.3) is 11.6 Å². The monoisotopic (exact) mass is 368 g/mol. The van der Waals surface area contributed by atoms with Crippen molar-refractivity contribution in [3.8, 4) is 0 Å². The number of carbonyl (C=O) groups excluding carboxylic acids is 2. The SMILES string of the molecule is Cc1ccc(C(=O)OC(C)C(=O)Nc2cc([N+](=O)[O-])ccc2Cl)s1. The molecule has 7 nitrogen and oxygen atoms in total. The van der Waals surface area contributed by atoms with E-state index in [0.717, 1.165) is 10.9 Å². The fraction of sp³-hybridized carbons (Fsp3) is 0.200. The average Bonchev–Trinajstić information content (AvgIpc) is 2.95. The molecule has 24 heavy (non-hydrogen) atoms. The Balaban J connectivity index is 2.05. The third-order valence-electron chi connectivity index (χ3n) is 3.01. The Hall–Kier alpha value is -2.45. The van der Waals surface area contributed by atoms with Gasteiger partial charge in [0, 0.05) is 17.0 Å². The molecule has 0 saturated carbocycles. The molecule has 0 aliphatic carbocycles. The Bertz CT molecular complexity index is 805. The Morgan fingerprint density at radius 2 is 2.04 bits per heavy atom. The van der Waals surface area contributed by atoms with E-state index in [1.807, 2.05) is 6.92 Å². The zero-order valence-corrected chi connectivity index (χ0v) is 14.3. The van der Waals surface area contributed by atoms with Crippen molar-refractivity contribution in [2.45, 2.75) is 20.0 Å². The highest BCUT2D eigenvalue weighted by Crippen LogP contribution is 2.27. The average molecular weight is 369 g/mol. The first-order valence-corrected chi connectivity index (χ1v) is 7.99. The van der Waals surface area contributed by atoms with E-state index in [1.165, 1.54) is 30.4 Å². The van der Waals surface area contributed by atoms with Crippen molar-refractivity contribution in [3.05, 3.63) is 55.2 Å². The predicted octanol–water partition coefficient (Wildman–Crippen LogP) is 3.80. The van der Waals surface area contributed by atoms with Crippen molar-refractivity contribution < 1.29 is 19.2 Å². The highest BCUT2D eigenvalue weighted by atomic mass is 35.5. The summed E-state index contributed by atoms with van der Waals surface area (Å²) in [5.41, 5.74) is -0.140. The molecule has 1 aromatic carbocycles. The molecule has 0 radical (unpaired) electrons. The highest BCUT2D eigenvalue weighted by Gasteiger charge is 2.21. The summed E-state index contributed by atoms with van der Waals surface area (Å²) in [6.45, 7) is 3.25. The van der Waals surface area contributed by atoms with Crippen LogP contribution in [0.5, 0.6) is 0 Å². The first kappa shape index (κ1) is 17.9. The van der Waals surface area contributed by atoms with Crippen LogP contribution in [-0.4, -0.2) is 22.9 Å². The first-order chi connectivity index (χ1) is 11.3. The Kier molecular flexibility index (Phi) is 5.53. The summed E-state index contributed by atoms with van der Waals surface area (Å²) in [6.07, 6.45) is -1.09. The van der Waals surface area contributed by atoms with Gasteiger partial charge in [0.1, 0.15) is 4.88 Å². The molecule has 0 aliphatic heterocycles. The number of amides is 1. The second-order valence-corrected chi connectivity index (χ2v) is 6.56. The zero-order valence-electron chi connectivity index (χ0n) is 12.7. The fourth-order valence-electron chi connectivity index (χ4n) is 1.77. The lowest BCUT2D eigenvalue weighted by atomic mass is 10.2. The molecule has 1 unspecified atom stereocenters. The number of rotatable bonds is 5. The number of nitro groups is 1. The Morgan fingerprint density at radius 1 is 1.33 bits per heavy atom. The van der Waals surface area contributed by atoms with Crippen LogP contribution in [0.15, 0.2) is 30.3 Å².